The molecular formula is C34H35NO5. The first-order valence-electron chi connectivity index (χ1n) is 13.2. The van der Waals surface area contributed by atoms with Gasteiger partial charge >= 0.3 is 0 Å². The van der Waals surface area contributed by atoms with E-state index in [9.17, 15) is 4.79 Å². The molecule has 0 saturated heterocycles. The molecule has 0 fully saturated rings. The zero-order valence-electron chi connectivity index (χ0n) is 23.2. The minimum absolute atomic E-state index is 0.170. The molecular weight excluding hydrogens is 502 g/mol. The number of nitrogens with one attached hydrogen (secondary N) is 1. The molecule has 0 aliphatic rings. The second-order valence-electron chi connectivity index (χ2n) is 9.27. The lowest BCUT2D eigenvalue weighted by atomic mass is 10.1. The van der Waals surface area contributed by atoms with E-state index in [1.807, 2.05) is 97.9 Å². The predicted octanol–water partition coefficient (Wildman–Crippen LogP) is 6.54. The predicted molar refractivity (Wildman–Crippen MR) is 158 cm³/mol. The summed E-state index contributed by atoms with van der Waals surface area (Å²) in [5, 5.41) is 2.96. The molecule has 0 aliphatic carbocycles. The molecule has 206 valence electrons. The van der Waals surface area contributed by atoms with Gasteiger partial charge < -0.3 is 24.3 Å². The van der Waals surface area contributed by atoms with E-state index >= 15 is 0 Å². The summed E-state index contributed by atoms with van der Waals surface area (Å²) in [5.41, 5.74) is 5.05. The average molecular weight is 538 g/mol. The molecule has 6 nitrogen and oxygen atoms in total. The lowest BCUT2D eigenvalue weighted by Gasteiger charge is -2.13. The Morgan fingerprint density at radius 1 is 0.700 bits per heavy atom. The van der Waals surface area contributed by atoms with Crippen LogP contribution in [0.4, 0.5) is 0 Å². The normalized spacial score (nSPS) is 10.8. The molecule has 0 spiro atoms. The molecule has 4 aromatic rings. The minimum Gasteiger partial charge on any atom is -0.493 e. The van der Waals surface area contributed by atoms with Crippen molar-refractivity contribution in [1.29, 1.82) is 0 Å². The monoisotopic (exact) mass is 537 g/mol. The van der Waals surface area contributed by atoms with Crippen molar-refractivity contribution in [2.75, 3.05) is 20.8 Å². The second kappa shape index (κ2) is 14.4. The van der Waals surface area contributed by atoms with Crippen molar-refractivity contribution in [3.63, 3.8) is 0 Å². The maximum absolute atomic E-state index is 12.6. The van der Waals surface area contributed by atoms with Crippen LogP contribution in [0.2, 0.25) is 0 Å². The number of methoxy groups -OCH3 is 2. The van der Waals surface area contributed by atoms with Crippen molar-refractivity contribution < 1.29 is 23.7 Å². The van der Waals surface area contributed by atoms with Gasteiger partial charge in [0.2, 0.25) is 5.91 Å². The Bertz CT molecular complexity index is 1420. The van der Waals surface area contributed by atoms with Crippen LogP contribution in [-0.4, -0.2) is 26.7 Å². The van der Waals surface area contributed by atoms with Gasteiger partial charge in [-0.05, 0) is 71.5 Å². The fourth-order valence-electron chi connectivity index (χ4n) is 4.14. The quantitative estimate of drug-likeness (QED) is 0.196. The summed E-state index contributed by atoms with van der Waals surface area (Å²) in [4.78, 5) is 12.6. The Labute approximate surface area is 236 Å². The number of rotatable bonds is 13. The van der Waals surface area contributed by atoms with Gasteiger partial charge in [-0.15, -0.1) is 0 Å². The molecule has 4 aromatic carbocycles. The van der Waals surface area contributed by atoms with E-state index in [-0.39, 0.29) is 5.91 Å². The zero-order valence-corrected chi connectivity index (χ0v) is 23.2. The molecule has 40 heavy (non-hydrogen) atoms. The van der Waals surface area contributed by atoms with Gasteiger partial charge in [0.15, 0.2) is 23.0 Å². The number of hydrogen-bond donors (Lipinski definition) is 1. The van der Waals surface area contributed by atoms with E-state index in [0.717, 1.165) is 27.8 Å². The van der Waals surface area contributed by atoms with Crippen LogP contribution in [0.25, 0.3) is 6.08 Å². The smallest absolute Gasteiger partial charge is 0.244 e. The molecule has 0 radical (unpaired) electrons. The first kappa shape index (κ1) is 28.3. The lowest BCUT2D eigenvalue weighted by Crippen LogP contribution is -2.23. The SMILES string of the molecule is COc1ccc(CCNC(=O)C=Cc2cc(OCc3ccccc3)c(OC)cc2C)cc1OCc1ccccc1. The van der Waals surface area contributed by atoms with E-state index in [4.69, 9.17) is 18.9 Å². The first-order valence-corrected chi connectivity index (χ1v) is 13.2. The zero-order chi connectivity index (χ0) is 28.2. The highest BCUT2D eigenvalue weighted by Gasteiger charge is 2.10. The van der Waals surface area contributed by atoms with E-state index in [0.29, 0.717) is 49.2 Å². The van der Waals surface area contributed by atoms with Crippen LogP contribution in [0.15, 0.2) is 97.1 Å². The van der Waals surface area contributed by atoms with Gasteiger partial charge in [-0.25, -0.2) is 0 Å². The van der Waals surface area contributed by atoms with Crippen molar-refractivity contribution >= 4 is 12.0 Å². The van der Waals surface area contributed by atoms with Crippen LogP contribution in [0, 0.1) is 6.92 Å². The molecule has 4 rings (SSSR count). The molecule has 0 aromatic heterocycles. The summed E-state index contributed by atoms with van der Waals surface area (Å²) >= 11 is 0. The highest BCUT2D eigenvalue weighted by molar-refractivity contribution is 5.92. The van der Waals surface area contributed by atoms with Crippen LogP contribution in [0.5, 0.6) is 23.0 Å². The van der Waals surface area contributed by atoms with Crippen molar-refractivity contribution in [2.45, 2.75) is 26.6 Å². The van der Waals surface area contributed by atoms with Gasteiger partial charge in [0, 0.05) is 12.6 Å². The Kier molecular flexibility index (Phi) is 10.2. The minimum atomic E-state index is -0.170. The van der Waals surface area contributed by atoms with Crippen LogP contribution >= 0.6 is 0 Å². The third kappa shape index (κ3) is 8.14. The number of hydrogen-bond acceptors (Lipinski definition) is 5. The van der Waals surface area contributed by atoms with Crippen LogP contribution in [-0.2, 0) is 24.4 Å². The maximum atomic E-state index is 12.6. The van der Waals surface area contributed by atoms with E-state index in [1.165, 1.54) is 6.08 Å². The number of benzene rings is 4. The number of amides is 1. The third-order valence-electron chi connectivity index (χ3n) is 6.38. The number of carbonyl (C=O) groups excluding carboxylic acids is 1. The fourth-order valence-corrected chi connectivity index (χ4v) is 4.14. The van der Waals surface area contributed by atoms with Crippen molar-refractivity contribution in [2.24, 2.45) is 0 Å². The molecule has 0 unspecified atom stereocenters. The molecule has 0 saturated carbocycles. The van der Waals surface area contributed by atoms with Gasteiger partial charge in [-0.1, -0.05) is 66.7 Å². The van der Waals surface area contributed by atoms with Crippen molar-refractivity contribution in [3.05, 3.63) is 125 Å². The summed E-state index contributed by atoms with van der Waals surface area (Å²) in [6.45, 7) is 3.34. The van der Waals surface area contributed by atoms with Gasteiger partial charge in [0.25, 0.3) is 0 Å². The van der Waals surface area contributed by atoms with Gasteiger partial charge in [0.1, 0.15) is 13.2 Å². The molecule has 1 amide bonds. The van der Waals surface area contributed by atoms with Crippen LogP contribution < -0.4 is 24.3 Å². The van der Waals surface area contributed by atoms with E-state index in [2.05, 4.69) is 5.32 Å². The van der Waals surface area contributed by atoms with Crippen LogP contribution in [0.3, 0.4) is 0 Å². The Hall–Kier alpha value is -4.71. The van der Waals surface area contributed by atoms with E-state index < -0.39 is 0 Å². The summed E-state index contributed by atoms with van der Waals surface area (Å²) in [5.74, 6) is 2.46. The lowest BCUT2D eigenvalue weighted by molar-refractivity contribution is -0.116. The summed E-state index contributed by atoms with van der Waals surface area (Å²) in [6, 6.07) is 29.6. The maximum Gasteiger partial charge on any atom is 0.244 e. The van der Waals surface area contributed by atoms with Crippen LogP contribution in [0.1, 0.15) is 27.8 Å². The fraction of sp³-hybridized carbons (Fsp3) is 0.206. The van der Waals surface area contributed by atoms with E-state index in [1.54, 1.807) is 20.3 Å². The largest absolute Gasteiger partial charge is 0.493 e. The molecule has 6 heteroatoms. The van der Waals surface area contributed by atoms with Crippen molar-refractivity contribution in [3.8, 4) is 23.0 Å². The molecule has 1 N–H and O–H groups in total. The number of aryl methyl sites for hydroxylation is 1. The molecule has 0 aliphatic heterocycles. The first-order chi connectivity index (χ1) is 19.6. The Morgan fingerprint density at radius 3 is 1.90 bits per heavy atom. The number of carbonyl (C=O) groups is 1. The van der Waals surface area contributed by atoms with Gasteiger partial charge in [-0.2, -0.15) is 0 Å². The highest BCUT2D eigenvalue weighted by Crippen LogP contribution is 2.32. The highest BCUT2D eigenvalue weighted by atomic mass is 16.5. The molecule has 0 atom stereocenters. The Balaban J connectivity index is 1.32. The van der Waals surface area contributed by atoms with Gasteiger partial charge in [-0.3, -0.25) is 4.79 Å². The summed E-state index contributed by atoms with van der Waals surface area (Å²) in [6.07, 6.45) is 3.99. The molecule has 0 bridgehead atoms. The number of ether oxygens (including phenoxy) is 4. The second-order valence-corrected chi connectivity index (χ2v) is 9.27. The molecule has 0 heterocycles. The topological polar surface area (TPSA) is 66.0 Å². The van der Waals surface area contributed by atoms with Crippen molar-refractivity contribution in [1.82, 2.24) is 5.32 Å². The standard InChI is InChI=1S/C34H35NO5/c1-25-20-31(38-3)33(40-24-28-12-8-5-9-13-28)22-29(25)15-17-34(36)35-19-18-26-14-16-30(37-2)32(21-26)39-23-27-10-6-4-7-11-27/h4-17,20-22H,18-19,23-24H2,1-3H3,(H,35,36). The third-order valence-corrected chi connectivity index (χ3v) is 6.38. The summed E-state index contributed by atoms with van der Waals surface area (Å²) in [7, 11) is 3.24. The summed E-state index contributed by atoms with van der Waals surface area (Å²) < 4.78 is 23.0. The van der Waals surface area contributed by atoms with Gasteiger partial charge in [0.05, 0.1) is 14.2 Å². The average Bonchev–Trinajstić information content (AvgIpc) is 2.99. The Morgan fingerprint density at radius 2 is 1.30 bits per heavy atom.